The summed E-state index contributed by atoms with van der Waals surface area (Å²) in [5.41, 5.74) is 1.35. The summed E-state index contributed by atoms with van der Waals surface area (Å²) in [5, 5.41) is 0.143. The van der Waals surface area contributed by atoms with E-state index in [4.69, 9.17) is 16.3 Å². The summed E-state index contributed by atoms with van der Waals surface area (Å²) < 4.78 is 18.6. The molecule has 2 aromatic carbocycles. The molecule has 2 aromatic rings. The Labute approximate surface area is 151 Å². The Hall–Kier alpha value is -2.27. The van der Waals surface area contributed by atoms with Crippen molar-refractivity contribution in [2.45, 2.75) is 13.0 Å². The van der Waals surface area contributed by atoms with Crippen molar-refractivity contribution >= 4 is 23.2 Å². The molecule has 0 aliphatic carbocycles. The van der Waals surface area contributed by atoms with Gasteiger partial charge in [-0.2, -0.15) is 0 Å². The van der Waals surface area contributed by atoms with Gasteiger partial charge in [0, 0.05) is 25.7 Å². The van der Waals surface area contributed by atoms with Crippen LogP contribution in [0.1, 0.15) is 17.3 Å². The molecular weight excluding hydrogens is 343 g/mol. The Morgan fingerprint density at radius 1 is 1.24 bits per heavy atom. The lowest BCUT2D eigenvalue weighted by atomic mass is 10.1. The first kappa shape index (κ1) is 17.5. The first-order valence-electron chi connectivity index (χ1n) is 8.15. The Kier molecular flexibility index (Phi) is 5.13. The predicted molar refractivity (Wildman–Crippen MR) is 97.1 cm³/mol. The molecule has 0 aromatic heterocycles. The number of carbonyl (C=O) groups is 1. The van der Waals surface area contributed by atoms with E-state index in [1.165, 1.54) is 18.2 Å². The maximum atomic E-state index is 13.2. The maximum absolute atomic E-state index is 13.2. The van der Waals surface area contributed by atoms with Gasteiger partial charge >= 0.3 is 0 Å². The van der Waals surface area contributed by atoms with Crippen LogP contribution in [0.15, 0.2) is 42.5 Å². The summed E-state index contributed by atoms with van der Waals surface area (Å²) in [5.74, 6) is 0.197. The molecule has 0 bridgehead atoms. The number of rotatable bonds is 3. The molecule has 0 spiro atoms. The van der Waals surface area contributed by atoms with Gasteiger partial charge in [0.25, 0.3) is 5.91 Å². The third-order valence-corrected chi connectivity index (χ3v) is 4.78. The Morgan fingerprint density at radius 3 is 2.68 bits per heavy atom. The van der Waals surface area contributed by atoms with E-state index in [2.05, 4.69) is 11.8 Å². The molecule has 1 atom stereocenters. The molecule has 1 aliphatic rings. The maximum Gasteiger partial charge on any atom is 0.255 e. The summed E-state index contributed by atoms with van der Waals surface area (Å²) in [6.07, 6.45) is 0. The van der Waals surface area contributed by atoms with Gasteiger partial charge in [-0.3, -0.25) is 4.79 Å². The fourth-order valence-electron chi connectivity index (χ4n) is 3.20. The number of piperazine rings is 1. The van der Waals surface area contributed by atoms with E-state index in [1.54, 1.807) is 12.0 Å². The number of hydrogen-bond donors (Lipinski definition) is 0. The lowest BCUT2D eigenvalue weighted by Crippen LogP contribution is -2.53. The second-order valence-corrected chi connectivity index (χ2v) is 6.50. The summed E-state index contributed by atoms with van der Waals surface area (Å²) in [6, 6.07) is 11.8. The molecule has 1 aliphatic heterocycles. The summed E-state index contributed by atoms with van der Waals surface area (Å²) in [4.78, 5) is 16.7. The molecule has 25 heavy (non-hydrogen) atoms. The molecule has 1 unspecified atom stereocenters. The number of anilines is 1. The van der Waals surface area contributed by atoms with Crippen LogP contribution in [-0.2, 0) is 0 Å². The first-order chi connectivity index (χ1) is 12.0. The van der Waals surface area contributed by atoms with E-state index in [1.807, 2.05) is 24.3 Å². The zero-order valence-corrected chi connectivity index (χ0v) is 15.0. The zero-order chi connectivity index (χ0) is 18.0. The largest absolute Gasteiger partial charge is 0.495 e. The van der Waals surface area contributed by atoms with Crippen LogP contribution in [0.25, 0.3) is 0 Å². The number of carbonyl (C=O) groups excluding carboxylic acids is 1. The highest BCUT2D eigenvalue weighted by atomic mass is 35.5. The summed E-state index contributed by atoms with van der Waals surface area (Å²) in [7, 11) is 1.65. The zero-order valence-electron chi connectivity index (χ0n) is 14.2. The van der Waals surface area contributed by atoms with Crippen LogP contribution in [0.3, 0.4) is 0 Å². The van der Waals surface area contributed by atoms with Crippen molar-refractivity contribution in [1.29, 1.82) is 0 Å². The third-order valence-electron chi connectivity index (χ3n) is 4.47. The van der Waals surface area contributed by atoms with Crippen LogP contribution < -0.4 is 9.64 Å². The molecule has 132 valence electrons. The van der Waals surface area contributed by atoms with E-state index >= 15 is 0 Å². The van der Waals surface area contributed by atoms with Crippen molar-refractivity contribution in [1.82, 2.24) is 4.90 Å². The molecule has 1 amide bonds. The van der Waals surface area contributed by atoms with Gasteiger partial charge < -0.3 is 14.5 Å². The number of benzene rings is 2. The van der Waals surface area contributed by atoms with Gasteiger partial charge in [0.15, 0.2) is 0 Å². The Morgan fingerprint density at radius 2 is 2.00 bits per heavy atom. The molecule has 0 N–H and O–H groups in total. The molecule has 4 nitrogen and oxygen atoms in total. The van der Waals surface area contributed by atoms with Crippen LogP contribution >= 0.6 is 11.6 Å². The van der Waals surface area contributed by atoms with Crippen LogP contribution in [0, 0.1) is 5.82 Å². The van der Waals surface area contributed by atoms with Crippen molar-refractivity contribution in [3.8, 4) is 5.75 Å². The van der Waals surface area contributed by atoms with Crippen molar-refractivity contribution in [3.63, 3.8) is 0 Å². The van der Waals surface area contributed by atoms with Gasteiger partial charge in [0.05, 0.1) is 23.4 Å². The first-order valence-corrected chi connectivity index (χ1v) is 8.53. The van der Waals surface area contributed by atoms with Crippen LogP contribution in [0.2, 0.25) is 5.02 Å². The number of halogens is 2. The van der Waals surface area contributed by atoms with Crippen LogP contribution in [-0.4, -0.2) is 43.6 Å². The van der Waals surface area contributed by atoms with Gasteiger partial charge in [-0.1, -0.05) is 23.7 Å². The standard InChI is InChI=1S/C19H20ClFN2O2/c1-13-12-22(19(24)15-8-7-14(21)11-16(15)20)9-10-23(13)17-5-3-4-6-18(17)25-2/h3-8,11,13H,9-10,12H2,1-2H3. The van der Waals surface area contributed by atoms with E-state index in [9.17, 15) is 9.18 Å². The highest BCUT2D eigenvalue weighted by Gasteiger charge is 2.29. The number of nitrogens with zero attached hydrogens (tertiary/aromatic N) is 2. The van der Waals surface area contributed by atoms with E-state index in [0.717, 1.165) is 11.4 Å². The molecule has 1 fully saturated rings. The second-order valence-electron chi connectivity index (χ2n) is 6.09. The number of ether oxygens (including phenoxy) is 1. The van der Waals surface area contributed by atoms with E-state index in [-0.39, 0.29) is 17.0 Å². The van der Waals surface area contributed by atoms with Crippen LogP contribution in [0.5, 0.6) is 5.75 Å². The van der Waals surface area contributed by atoms with Gasteiger partial charge in [-0.05, 0) is 37.3 Å². The van der Waals surface area contributed by atoms with Crippen molar-refractivity contribution in [2.24, 2.45) is 0 Å². The Bertz CT molecular complexity index is 784. The average molecular weight is 363 g/mol. The van der Waals surface area contributed by atoms with Gasteiger partial charge in [-0.15, -0.1) is 0 Å². The SMILES string of the molecule is COc1ccccc1N1CCN(C(=O)c2ccc(F)cc2Cl)CC1C. The molecule has 6 heteroatoms. The molecule has 0 radical (unpaired) electrons. The molecular formula is C19H20ClFN2O2. The Balaban J connectivity index is 1.76. The summed E-state index contributed by atoms with van der Waals surface area (Å²) in [6.45, 7) is 3.88. The fourth-order valence-corrected chi connectivity index (χ4v) is 3.45. The minimum Gasteiger partial charge on any atom is -0.495 e. The molecule has 3 rings (SSSR count). The monoisotopic (exact) mass is 362 g/mol. The van der Waals surface area contributed by atoms with Crippen molar-refractivity contribution < 1.29 is 13.9 Å². The average Bonchev–Trinajstić information content (AvgIpc) is 2.61. The van der Waals surface area contributed by atoms with Gasteiger partial charge in [-0.25, -0.2) is 4.39 Å². The van der Waals surface area contributed by atoms with Gasteiger partial charge in [0.1, 0.15) is 11.6 Å². The lowest BCUT2D eigenvalue weighted by Gasteiger charge is -2.41. The highest BCUT2D eigenvalue weighted by molar-refractivity contribution is 6.33. The van der Waals surface area contributed by atoms with Crippen molar-refractivity contribution in [3.05, 3.63) is 58.9 Å². The fraction of sp³-hybridized carbons (Fsp3) is 0.316. The predicted octanol–water partition coefficient (Wildman–Crippen LogP) is 3.84. The second kappa shape index (κ2) is 7.31. The lowest BCUT2D eigenvalue weighted by molar-refractivity contribution is 0.0726. The number of methoxy groups -OCH3 is 1. The molecule has 0 saturated carbocycles. The normalized spacial score (nSPS) is 17.5. The van der Waals surface area contributed by atoms with Crippen LogP contribution in [0.4, 0.5) is 10.1 Å². The number of para-hydroxylation sites is 2. The van der Waals surface area contributed by atoms with Crippen molar-refractivity contribution in [2.75, 3.05) is 31.6 Å². The molecule has 1 saturated heterocycles. The minimum atomic E-state index is -0.448. The van der Waals surface area contributed by atoms with E-state index in [0.29, 0.717) is 25.2 Å². The quantitative estimate of drug-likeness (QED) is 0.831. The minimum absolute atomic E-state index is 0.119. The topological polar surface area (TPSA) is 32.8 Å². The highest BCUT2D eigenvalue weighted by Crippen LogP contribution is 2.31. The van der Waals surface area contributed by atoms with E-state index < -0.39 is 5.82 Å². The number of amides is 1. The summed E-state index contributed by atoms with van der Waals surface area (Å²) >= 11 is 6.03. The van der Waals surface area contributed by atoms with Gasteiger partial charge in [0.2, 0.25) is 0 Å². The number of hydrogen-bond acceptors (Lipinski definition) is 3. The third kappa shape index (κ3) is 3.56. The smallest absolute Gasteiger partial charge is 0.255 e. The molecule has 1 heterocycles.